The third-order valence-electron chi connectivity index (χ3n) is 5.37. The molecule has 2 unspecified atom stereocenters. The average molecular weight is 411 g/mol. The van der Waals surface area contributed by atoms with E-state index < -0.39 is 0 Å². The largest absolute Gasteiger partial charge is 0.508 e. The van der Waals surface area contributed by atoms with E-state index in [-0.39, 0.29) is 18.3 Å². The van der Waals surface area contributed by atoms with Crippen LogP contribution in [0.5, 0.6) is 17.2 Å². The molecule has 2 atom stereocenters. The van der Waals surface area contributed by atoms with Crippen LogP contribution in [-0.4, -0.2) is 30.9 Å². The lowest BCUT2D eigenvalue weighted by Crippen LogP contribution is -2.24. The summed E-state index contributed by atoms with van der Waals surface area (Å²) in [6.07, 6.45) is 10.6. The normalized spacial score (nSPS) is 22.1. The van der Waals surface area contributed by atoms with Crippen LogP contribution in [0, 0.1) is 0 Å². The first kappa shape index (κ1) is 20.8. The number of ether oxygens (including phenoxy) is 4. The molecule has 2 aromatic rings. The van der Waals surface area contributed by atoms with Crippen molar-refractivity contribution in [1.82, 2.24) is 0 Å². The number of aromatic hydroxyl groups is 1. The van der Waals surface area contributed by atoms with Gasteiger partial charge in [-0.15, -0.1) is 0 Å². The molecule has 0 bridgehead atoms. The summed E-state index contributed by atoms with van der Waals surface area (Å²) in [6.45, 7) is 1.50. The standard InChI is InChI=1S/C25H30O5/c26-23-18-22(30-25-12-2-4-16-28-25)14-13-20(23)9-5-7-19-8-6-10-21(17-19)29-24-11-1-3-15-27-24/h5-8,10,13-14,17-18,24-26H,1-4,9,11-12,15-16H2/b7-5+. The summed E-state index contributed by atoms with van der Waals surface area (Å²) in [6, 6.07) is 13.4. The van der Waals surface area contributed by atoms with Crippen LogP contribution in [0.1, 0.15) is 49.7 Å². The van der Waals surface area contributed by atoms with E-state index in [2.05, 4.69) is 0 Å². The van der Waals surface area contributed by atoms with Gasteiger partial charge in [0.2, 0.25) is 0 Å². The summed E-state index contributed by atoms with van der Waals surface area (Å²) in [7, 11) is 0. The van der Waals surface area contributed by atoms with Crippen molar-refractivity contribution in [3.8, 4) is 17.2 Å². The van der Waals surface area contributed by atoms with Gasteiger partial charge in [-0.2, -0.15) is 0 Å². The SMILES string of the molecule is Oc1cc(OC2CCCCO2)ccc1C/C=C/c1cccc(OC2CCCCO2)c1. The third-order valence-corrected chi connectivity index (χ3v) is 5.37. The molecule has 5 nitrogen and oxygen atoms in total. The van der Waals surface area contributed by atoms with Crippen molar-refractivity contribution in [2.75, 3.05) is 13.2 Å². The maximum atomic E-state index is 10.4. The molecule has 2 saturated heterocycles. The van der Waals surface area contributed by atoms with E-state index in [1.807, 2.05) is 48.6 Å². The van der Waals surface area contributed by atoms with Gasteiger partial charge in [-0.1, -0.05) is 30.4 Å². The zero-order chi connectivity index (χ0) is 20.6. The zero-order valence-corrected chi connectivity index (χ0v) is 17.3. The Balaban J connectivity index is 1.32. The van der Waals surface area contributed by atoms with Crippen LogP contribution < -0.4 is 9.47 Å². The second kappa shape index (κ2) is 10.5. The summed E-state index contributed by atoms with van der Waals surface area (Å²) in [5.74, 6) is 1.69. The Hall–Kier alpha value is -2.50. The molecule has 2 aliphatic rings. The lowest BCUT2D eigenvalue weighted by atomic mass is 10.1. The number of phenols is 1. The maximum absolute atomic E-state index is 10.4. The van der Waals surface area contributed by atoms with E-state index in [4.69, 9.17) is 18.9 Å². The molecule has 0 amide bonds. The molecule has 0 spiro atoms. The fourth-order valence-corrected chi connectivity index (χ4v) is 3.71. The Bertz CT molecular complexity index is 835. The first-order chi connectivity index (χ1) is 14.8. The number of phenolic OH excluding ortho intramolecular Hbond substituents is 1. The Labute approximate surface area is 178 Å². The predicted octanol–water partition coefficient (Wildman–Crippen LogP) is 5.46. The highest BCUT2D eigenvalue weighted by molar-refractivity contribution is 5.53. The van der Waals surface area contributed by atoms with Crippen molar-refractivity contribution in [2.24, 2.45) is 0 Å². The second-order valence-corrected chi connectivity index (χ2v) is 7.80. The van der Waals surface area contributed by atoms with Gasteiger partial charge in [0.1, 0.15) is 17.2 Å². The summed E-state index contributed by atoms with van der Waals surface area (Å²) >= 11 is 0. The van der Waals surface area contributed by atoms with Crippen LogP contribution in [0.15, 0.2) is 48.5 Å². The molecule has 30 heavy (non-hydrogen) atoms. The van der Waals surface area contributed by atoms with Crippen molar-refractivity contribution < 1.29 is 24.1 Å². The molecule has 1 N–H and O–H groups in total. The molecule has 2 aromatic carbocycles. The summed E-state index contributed by atoms with van der Waals surface area (Å²) < 4.78 is 23.0. The Morgan fingerprint density at radius 2 is 1.57 bits per heavy atom. The minimum Gasteiger partial charge on any atom is -0.508 e. The lowest BCUT2D eigenvalue weighted by Gasteiger charge is -2.23. The van der Waals surface area contributed by atoms with Gasteiger partial charge in [0.15, 0.2) is 12.6 Å². The smallest absolute Gasteiger partial charge is 0.199 e. The van der Waals surface area contributed by atoms with Crippen LogP contribution in [0.3, 0.4) is 0 Å². The molecule has 5 heteroatoms. The fourth-order valence-electron chi connectivity index (χ4n) is 3.71. The number of allylic oxidation sites excluding steroid dienone is 1. The Kier molecular flexibility index (Phi) is 7.27. The molecular weight excluding hydrogens is 380 g/mol. The van der Waals surface area contributed by atoms with E-state index in [0.717, 1.165) is 68.6 Å². The van der Waals surface area contributed by atoms with Gasteiger partial charge in [-0.3, -0.25) is 0 Å². The van der Waals surface area contributed by atoms with Crippen molar-refractivity contribution in [2.45, 2.75) is 57.5 Å². The topological polar surface area (TPSA) is 57.2 Å². The van der Waals surface area contributed by atoms with Crippen molar-refractivity contribution in [1.29, 1.82) is 0 Å². The molecule has 4 rings (SSSR count). The van der Waals surface area contributed by atoms with Crippen LogP contribution in [0.25, 0.3) is 6.08 Å². The highest BCUT2D eigenvalue weighted by Gasteiger charge is 2.16. The third kappa shape index (κ3) is 6.00. The highest BCUT2D eigenvalue weighted by atomic mass is 16.7. The highest BCUT2D eigenvalue weighted by Crippen LogP contribution is 2.27. The van der Waals surface area contributed by atoms with Gasteiger partial charge in [0, 0.05) is 18.9 Å². The van der Waals surface area contributed by atoms with Crippen LogP contribution >= 0.6 is 0 Å². The minimum absolute atomic E-state index is 0.144. The van der Waals surface area contributed by atoms with Crippen LogP contribution in [0.4, 0.5) is 0 Å². The molecule has 2 fully saturated rings. The summed E-state index contributed by atoms with van der Waals surface area (Å²) in [4.78, 5) is 0. The monoisotopic (exact) mass is 410 g/mol. The van der Waals surface area contributed by atoms with Gasteiger partial charge in [-0.05, 0) is 61.4 Å². The molecule has 0 aromatic heterocycles. The zero-order valence-electron chi connectivity index (χ0n) is 17.3. The van der Waals surface area contributed by atoms with E-state index in [9.17, 15) is 5.11 Å². The Morgan fingerprint density at radius 3 is 2.20 bits per heavy atom. The molecule has 2 aliphatic heterocycles. The second-order valence-electron chi connectivity index (χ2n) is 7.80. The molecule has 0 aliphatic carbocycles. The Morgan fingerprint density at radius 1 is 0.867 bits per heavy atom. The van der Waals surface area contributed by atoms with E-state index in [0.29, 0.717) is 12.2 Å². The number of hydrogen-bond donors (Lipinski definition) is 1. The van der Waals surface area contributed by atoms with Crippen molar-refractivity contribution in [3.05, 3.63) is 59.7 Å². The summed E-state index contributed by atoms with van der Waals surface area (Å²) in [5.41, 5.74) is 1.91. The fraction of sp³-hybridized carbons (Fsp3) is 0.440. The maximum Gasteiger partial charge on any atom is 0.199 e. The van der Waals surface area contributed by atoms with E-state index in [1.165, 1.54) is 0 Å². The van der Waals surface area contributed by atoms with Crippen LogP contribution in [0.2, 0.25) is 0 Å². The quantitative estimate of drug-likeness (QED) is 0.657. The predicted molar refractivity (Wildman–Crippen MR) is 116 cm³/mol. The van der Waals surface area contributed by atoms with Crippen LogP contribution in [-0.2, 0) is 15.9 Å². The van der Waals surface area contributed by atoms with E-state index >= 15 is 0 Å². The number of hydrogen-bond acceptors (Lipinski definition) is 5. The summed E-state index contributed by atoms with van der Waals surface area (Å²) in [5, 5.41) is 10.4. The van der Waals surface area contributed by atoms with Crippen molar-refractivity contribution >= 4 is 6.08 Å². The first-order valence-electron chi connectivity index (χ1n) is 10.9. The first-order valence-corrected chi connectivity index (χ1v) is 10.9. The van der Waals surface area contributed by atoms with Crippen molar-refractivity contribution in [3.63, 3.8) is 0 Å². The molecule has 0 radical (unpaired) electrons. The van der Waals surface area contributed by atoms with Gasteiger partial charge >= 0.3 is 0 Å². The average Bonchev–Trinajstić information content (AvgIpc) is 2.77. The van der Waals surface area contributed by atoms with Gasteiger partial charge < -0.3 is 24.1 Å². The van der Waals surface area contributed by atoms with Gasteiger partial charge in [-0.25, -0.2) is 0 Å². The molecule has 160 valence electrons. The van der Waals surface area contributed by atoms with Gasteiger partial charge in [0.05, 0.1) is 13.2 Å². The van der Waals surface area contributed by atoms with E-state index in [1.54, 1.807) is 6.07 Å². The number of benzene rings is 2. The lowest BCUT2D eigenvalue weighted by molar-refractivity contribution is -0.106. The molecular formula is C25H30O5. The molecule has 2 heterocycles. The number of rotatable bonds is 7. The molecule has 0 saturated carbocycles. The van der Waals surface area contributed by atoms with Gasteiger partial charge in [0.25, 0.3) is 0 Å². The minimum atomic E-state index is -0.211.